The third-order valence-electron chi connectivity index (χ3n) is 12.4. The second-order valence-electron chi connectivity index (χ2n) is 18.1. The maximum absolute atomic E-state index is 13.6. The summed E-state index contributed by atoms with van der Waals surface area (Å²) in [5.74, 6) is -0.0599. The van der Waals surface area contributed by atoms with Gasteiger partial charge in [-0.15, -0.1) is 0 Å². The van der Waals surface area contributed by atoms with Gasteiger partial charge in [0.05, 0.1) is 6.42 Å². The highest BCUT2D eigenvalue weighted by Gasteiger charge is 2.48. The number of aliphatic carboxylic acids is 2. The lowest BCUT2D eigenvalue weighted by Gasteiger charge is -2.40. The molecule has 0 spiro atoms. The van der Waals surface area contributed by atoms with Crippen molar-refractivity contribution >= 4 is 36.0 Å². The summed E-state index contributed by atoms with van der Waals surface area (Å²) in [6.45, 7) is 19.9. The Kier molecular flexibility index (Phi) is 16.8. The van der Waals surface area contributed by atoms with Crippen molar-refractivity contribution in [2.75, 3.05) is 0 Å². The van der Waals surface area contributed by atoms with Gasteiger partial charge in [-0.1, -0.05) is 109 Å². The summed E-state index contributed by atoms with van der Waals surface area (Å²) in [5, 5.41) is 21.4. The fraction of sp³-hybridized carbons (Fsp3) is 0.529. The Morgan fingerprint density at radius 3 is 1.80 bits per heavy atom. The first-order valence-corrected chi connectivity index (χ1v) is 21.8. The van der Waals surface area contributed by atoms with E-state index in [4.69, 9.17) is 14.2 Å². The zero-order valence-corrected chi connectivity index (χ0v) is 37.7. The molecule has 0 aromatic heterocycles. The summed E-state index contributed by atoms with van der Waals surface area (Å²) in [5.41, 5.74) is 3.18. The van der Waals surface area contributed by atoms with Crippen LogP contribution in [0.3, 0.4) is 0 Å². The van der Waals surface area contributed by atoms with Crippen LogP contribution in [0, 0.1) is 38.5 Å². The monoisotopic (exact) mass is 824 g/mol. The largest absolute Gasteiger partial charge is 0.487 e. The van der Waals surface area contributed by atoms with Gasteiger partial charge in [-0.05, 0) is 128 Å². The summed E-state index contributed by atoms with van der Waals surface area (Å²) in [6.07, 6.45) is 15.4. The summed E-state index contributed by atoms with van der Waals surface area (Å²) in [6, 6.07) is 11.5. The quantitative estimate of drug-likeness (QED) is 0.0611. The number of esters is 2. The van der Waals surface area contributed by atoms with E-state index in [9.17, 15) is 29.4 Å². The fourth-order valence-corrected chi connectivity index (χ4v) is 9.01. The Bertz CT molecular complexity index is 1990. The van der Waals surface area contributed by atoms with E-state index in [1.54, 1.807) is 48.6 Å². The topological polar surface area (TPSA) is 136 Å². The summed E-state index contributed by atoms with van der Waals surface area (Å²) < 4.78 is 17.3. The van der Waals surface area contributed by atoms with Gasteiger partial charge < -0.3 is 24.4 Å². The van der Waals surface area contributed by atoms with Crippen LogP contribution in [0.15, 0.2) is 42.5 Å². The number of carboxylic acid groups (broad SMARTS) is 2. The lowest BCUT2D eigenvalue weighted by Crippen LogP contribution is -2.42. The molecule has 0 radical (unpaired) electrons. The number of benzene rings is 3. The number of fused-ring (bicyclic) bond motifs is 1. The van der Waals surface area contributed by atoms with Crippen LogP contribution in [0.25, 0.3) is 12.2 Å². The molecule has 0 saturated heterocycles. The Balaban J connectivity index is 1.56. The minimum absolute atomic E-state index is 0.209. The van der Waals surface area contributed by atoms with Gasteiger partial charge in [-0.25, -0.2) is 0 Å². The Morgan fingerprint density at radius 2 is 1.28 bits per heavy atom. The number of carboxylic acids is 2. The smallest absolute Gasteiger partial charge is 0.319 e. The van der Waals surface area contributed by atoms with Crippen molar-refractivity contribution < 1.29 is 43.6 Å². The number of carbonyl (C=O) groups is 4. The van der Waals surface area contributed by atoms with E-state index in [0.717, 1.165) is 60.0 Å². The van der Waals surface area contributed by atoms with Crippen LogP contribution in [0.5, 0.6) is 17.2 Å². The van der Waals surface area contributed by atoms with Crippen LogP contribution in [0.1, 0.15) is 164 Å². The average molecular weight is 825 g/mol. The summed E-state index contributed by atoms with van der Waals surface area (Å²) in [7, 11) is 0. The highest BCUT2D eigenvalue weighted by molar-refractivity contribution is 5.92. The van der Waals surface area contributed by atoms with Crippen LogP contribution in [-0.2, 0) is 31.0 Å². The minimum Gasteiger partial charge on any atom is -0.487 e. The van der Waals surface area contributed by atoms with Crippen molar-refractivity contribution in [3.63, 3.8) is 0 Å². The Morgan fingerprint density at radius 1 is 0.750 bits per heavy atom. The second-order valence-corrected chi connectivity index (χ2v) is 18.1. The van der Waals surface area contributed by atoms with Gasteiger partial charge in [0.2, 0.25) is 0 Å². The average Bonchev–Trinajstić information content (AvgIpc) is 3.15. The predicted molar refractivity (Wildman–Crippen MR) is 238 cm³/mol. The molecule has 0 bridgehead atoms. The molecule has 4 atom stereocenters. The zero-order valence-electron chi connectivity index (χ0n) is 37.7. The molecule has 0 aliphatic carbocycles. The first kappa shape index (κ1) is 47.8. The maximum Gasteiger partial charge on any atom is 0.319 e. The highest BCUT2D eigenvalue weighted by Crippen LogP contribution is 2.48. The molecule has 3 aromatic carbocycles. The van der Waals surface area contributed by atoms with Gasteiger partial charge >= 0.3 is 23.9 Å². The molecule has 3 aromatic rings. The molecule has 4 rings (SSSR count). The van der Waals surface area contributed by atoms with Crippen LogP contribution in [0.2, 0.25) is 0 Å². The van der Waals surface area contributed by atoms with Crippen molar-refractivity contribution in [1.82, 2.24) is 0 Å². The summed E-state index contributed by atoms with van der Waals surface area (Å²) in [4.78, 5) is 49.4. The van der Waals surface area contributed by atoms with Crippen molar-refractivity contribution in [3.05, 3.63) is 87.0 Å². The number of hydrogen-bond donors (Lipinski definition) is 2. The van der Waals surface area contributed by atoms with Crippen LogP contribution < -0.4 is 14.2 Å². The molecule has 326 valence electrons. The fourth-order valence-electron chi connectivity index (χ4n) is 9.01. The molecule has 0 saturated carbocycles. The van der Waals surface area contributed by atoms with Crippen molar-refractivity contribution in [2.45, 2.75) is 157 Å². The molecule has 60 heavy (non-hydrogen) atoms. The molecule has 1 heterocycles. The van der Waals surface area contributed by atoms with E-state index in [-0.39, 0.29) is 17.1 Å². The van der Waals surface area contributed by atoms with Crippen LogP contribution in [-0.4, -0.2) is 39.7 Å². The second kappa shape index (κ2) is 21.0. The normalized spacial score (nSPS) is 17.1. The molecule has 9 nitrogen and oxygen atoms in total. The molecule has 1 aliphatic rings. The molecule has 2 N–H and O–H groups in total. The number of ether oxygens (including phenoxy) is 3. The van der Waals surface area contributed by atoms with Gasteiger partial charge in [0, 0.05) is 19.9 Å². The lowest BCUT2D eigenvalue weighted by atomic mass is 9.67. The molecule has 9 heteroatoms. The molecule has 4 unspecified atom stereocenters. The van der Waals surface area contributed by atoms with Gasteiger partial charge in [0.25, 0.3) is 0 Å². The first-order chi connectivity index (χ1) is 28.2. The third-order valence-corrected chi connectivity index (χ3v) is 12.4. The molecular weight excluding hydrogens is 757 g/mol. The molecular formula is C51H68O9. The SMILES string of the molecule is CC(=O)Oc1cc(C=Cc2ccc(C(CC(=O)O)(C(=O)O)c3c(C)c(C)c4c(c3C)CCC(C)(CCCC(C)CCCC(C)CCCC(C)C)O4)cc2)cc(OC(C)=O)c1. The number of carbonyl (C=O) groups excluding carboxylic acids is 2. The standard InChI is InChI=1S/C51H68O9/c1-32(2)14-11-15-33(3)16-12-17-34(4)18-13-26-50(10)27-25-45-37(7)47(35(5)36(6)48(45)60-50)51(49(56)57,31-46(54)55)42-23-21-40(22-24-42)19-20-41-28-43(58-38(8)52)30-44(29-41)59-39(9)53/h19-24,28-30,32-34H,11-18,25-27,31H2,1-10H3,(H,54,55)(H,56,57). The van der Waals surface area contributed by atoms with Crippen LogP contribution in [0.4, 0.5) is 0 Å². The third kappa shape index (κ3) is 12.6. The lowest BCUT2D eigenvalue weighted by molar-refractivity contribution is -0.148. The molecule has 1 aliphatic heterocycles. The van der Waals surface area contributed by atoms with Gasteiger partial charge in [0.15, 0.2) is 0 Å². The van der Waals surface area contributed by atoms with E-state index in [2.05, 4.69) is 34.6 Å². The Hall–Kier alpha value is -4.92. The van der Waals surface area contributed by atoms with E-state index in [0.29, 0.717) is 40.2 Å². The summed E-state index contributed by atoms with van der Waals surface area (Å²) >= 11 is 0. The Labute approximate surface area is 357 Å². The van der Waals surface area contributed by atoms with Crippen LogP contribution >= 0.6 is 0 Å². The minimum atomic E-state index is -1.87. The van der Waals surface area contributed by atoms with Crippen molar-refractivity contribution in [1.29, 1.82) is 0 Å². The van der Waals surface area contributed by atoms with E-state index in [1.807, 2.05) is 20.8 Å². The van der Waals surface area contributed by atoms with E-state index < -0.39 is 35.7 Å². The number of rotatable bonds is 21. The molecule has 0 amide bonds. The zero-order chi connectivity index (χ0) is 44.4. The first-order valence-electron chi connectivity index (χ1n) is 21.8. The van der Waals surface area contributed by atoms with Gasteiger partial charge in [-0.3, -0.25) is 19.2 Å². The van der Waals surface area contributed by atoms with Crippen molar-refractivity contribution in [3.8, 4) is 17.2 Å². The maximum atomic E-state index is 13.6. The highest BCUT2D eigenvalue weighted by atomic mass is 16.5. The molecule has 0 fully saturated rings. The van der Waals surface area contributed by atoms with Gasteiger partial charge in [-0.2, -0.15) is 0 Å². The number of hydrogen-bond acceptors (Lipinski definition) is 7. The van der Waals surface area contributed by atoms with Crippen molar-refractivity contribution in [2.24, 2.45) is 17.8 Å². The van der Waals surface area contributed by atoms with E-state index in [1.165, 1.54) is 58.4 Å². The van der Waals surface area contributed by atoms with E-state index >= 15 is 0 Å². The van der Waals surface area contributed by atoms with Gasteiger partial charge in [0.1, 0.15) is 28.3 Å². The predicted octanol–water partition coefficient (Wildman–Crippen LogP) is 12.0.